The molecule has 5 nitrogen and oxygen atoms in total. The summed E-state index contributed by atoms with van der Waals surface area (Å²) in [4.78, 5) is 14.7. The Morgan fingerprint density at radius 3 is 3.06 bits per heavy atom. The van der Waals surface area contributed by atoms with E-state index >= 15 is 0 Å². The van der Waals surface area contributed by atoms with Crippen molar-refractivity contribution in [3.8, 4) is 0 Å². The highest BCUT2D eigenvalue weighted by Crippen LogP contribution is 2.19. The molecule has 18 heavy (non-hydrogen) atoms. The van der Waals surface area contributed by atoms with E-state index in [0.29, 0.717) is 6.54 Å². The number of aromatic nitrogens is 2. The lowest BCUT2D eigenvalue weighted by Crippen LogP contribution is -1.99. The van der Waals surface area contributed by atoms with Crippen LogP contribution >= 0.6 is 0 Å². The van der Waals surface area contributed by atoms with Crippen molar-refractivity contribution in [1.29, 1.82) is 0 Å². The Hall–Kier alpha value is -2.30. The maximum Gasteiger partial charge on any atom is 0.328 e. The molecule has 0 atom stereocenters. The van der Waals surface area contributed by atoms with Gasteiger partial charge in [0.2, 0.25) is 0 Å². The van der Waals surface area contributed by atoms with Gasteiger partial charge in [0.1, 0.15) is 5.82 Å². The van der Waals surface area contributed by atoms with Crippen LogP contribution in [0.1, 0.15) is 5.82 Å². The number of rotatable bonds is 4. The maximum atomic E-state index is 10.3. The number of anilines is 1. The van der Waals surface area contributed by atoms with Crippen LogP contribution < -0.4 is 5.32 Å². The van der Waals surface area contributed by atoms with E-state index in [1.807, 2.05) is 36.7 Å². The molecule has 2 N–H and O–H groups in total. The molecule has 1 aromatic carbocycles. The van der Waals surface area contributed by atoms with Gasteiger partial charge in [0.25, 0.3) is 0 Å². The van der Waals surface area contributed by atoms with Crippen molar-refractivity contribution in [3.05, 3.63) is 36.2 Å². The number of aliphatic carboxylic acids is 1. The molecular formula is C13H15N3O2. The van der Waals surface area contributed by atoms with E-state index in [0.717, 1.165) is 28.6 Å². The van der Waals surface area contributed by atoms with Gasteiger partial charge < -0.3 is 15.0 Å². The third-order valence-corrected chi connectivity index (χ3v) is 2.79. The average molecular weight is 245 g/mol. The normalized spacial score (nSPS) is 11.2. The summed E-state index contributed by atoms with van der Waals surface area (Å²) in [6.45, 7) is 2.44. The van der Waals surface area contributed by atoms with Crippen LogP contribution in [0.25, 0.3) is 11.0 Å². The first kappa shape index (κ1) is 12.2. The zero-order valence-corrected chi connectivity index (χ0v) is 10.3. The van der Waals surface area contributed by atoms with Crippen LogP contribution in [0.15, 0.2) is 30.4 Å². The molecule has 0 aliphatic heterocycles. The molecule has 0 unspecified atom stereocenters. The van der Waals surface area contributed by atoms with Gasteiger partial charge in [-0.05, 0) is 25.1 Å². The molecule has 2 rings (SSSR count). The minimum atomic E-state index is -0.937. The summed E-state index contributed by atoms with van der Waals surface area (Å²) in [6.07, 6.45) is 2.69. The third-order valence-electron chi connectivity index (χ3n) is 2.79. The molecule has 5 heteroatoms. The summed E-state index contributed by atoms with van der Waals surface area (Å²) >= 11 is 0. The van der Waals surface area contributed by atoms with Crippen molar-refractivity contribution < 1.29 is 9.90 Å². The minimum absolute atomic E-state index is 0.476. The SMILES string of the molecule is Cc1nc2cc(NC/C=C/C(=O)O)ccc2n1C. The zero-order valence-electron chi connectivity index (χ0n) is 10.3. The lowest BCUT2D eigenvalue weighted by Gasteiger charge is -2.03. The molecule has 0 spiro atoms. The smallest absolute Gasteiger partial charge is 0.328 e. The monoisotopic (exact) mass is 245 g/mol. The molecule has 94 valence electrons. The van der Waals surface area contributed by atoms with Crippen LogP contribution in [0.5, 0.6) is 0 Å². The standard InChI is InChI=1S/C13H15N3O2/c1-9-15-11-8-10(5-6-12(11)16(9)2)14-7-3-4-13(17)18/h3-6,8,14H,7H2,1-2H3,(H,17,18)/b4-3+. The molecule has 0 aliphatic carbocycles. The number of imidazole rings is 1. The predicted molar refractivity (Wildman–Crippen MR) is 70.7 cm³/mol. The van der Waals surface area contributed by atoms with Gasteiger partial charge >= 0.3 is 5.97 Å². The van der Waals surface area contributed by atoms with Crippen LogP contribution in [0, 0.1) is 6.92 Å². The van der Waals surface area contributed by atoms with Crippen LogP contribution in [-0.2, 0) is 11.8 Å². The second kappa shape index (κ2) is 4.91. The van der Waals surface area contributed by atoms with Gasteiger partial charge in [-0.1, -0.05) is 6.08 Å². The lowest BCUT2D eigenvalue weighted by molar-refractivity contribution is -0.131. The molecule has 0 fully saturated rings. The van der Waals surface area contributed by atoms with Crippen molar-refractivity contribution in [2.24, 2.45) is 7.05 Å². The van der Waals surface area contributed by atoms with Crippen LogP contribution in [0.3, 0.4) is 0 Å². The fourth-order valence-corrected chi connectivity index (χ4v) is 1.77. The number of carbonyl (C=O) groups is 1. The zero-order chi connectivity index (χ0) is 13.1. The molecule has 0 saturated carbocycles. The van der Waals surface area contributed by atoms with Crippen LogP contribution in [-0.4, -0.2) is 27.2 Å². The van der Waals surface area contributed by atoms with E-state index in [-0.39, 0.29) is 0 Å². The molecule has 0 bridgehead atoms. The Labute approximate surface area is 105 Å². The first-order valence-corrected chi connectivity index (χ1v) is 5.64. The van der Waals surface area contributed by atoms with Gasteiger partial charge in [-0.2, -0.15) is 0 Å². The second-order valence-electron chi connectivity index (χ2n) is 4.04. The first-order valence-electron chi connectivity index (χ1n) is 5.64. The summed E-state index contributed by atoms with van der Waals surface area (Å²) in [7, 11) is 1.98. The molecule has 0 amide bonds. The summed E-state index contributed by atoms with van der Waals surface area (Å²) in [5.41, 5.74) is 2.94. The fourth-order valence-electron chi connectivity index (χ4n) is 1.77. The highest BCUT2D eigenvalue weighted by Gasteiger charge is 2.03. The van der Waals surface area contributed by atoms with E-state index in [9.17, 15) is 4.79 Å². The van der Waals surface area contributed by atoms with Crippen molar-refractivity contribution in [3.63, 3.8) is 0 Å². The van der Waals surface area contributed by atoms with E-state index < -0.39 is 5.97 Å². The Balaban J connectivity index is 2.13. The fraction of sp³-hybridized carbons (Fsp3) is 0.231. The van der Waals surface area contributed by atoms with Crippen molar-refractivity contribution in [1.82, 2.24) is 9.55 Å². The van der Waals surface area contributed by atoms with Crippen molar-refractivity contribution in [2.45, 2.75) is 6.92 Å². The van der Waals surface area contributed by atoms with Gasteiger partial charge in [0, 0.05) is 25.4 Å². The van der Waals surface area contributed by atoms with Gasteiger partial charge in [-0.25, -0.2) is 9.78 Å². The summed E-state index contributed by atoms with van der Waals surface area (Å²) in [6, 6.07) is 5.91. The van der Waals surface area contributed by atoms with E-state index in [1.54, 1.807) is 6.08 Å². The number of benzene rings is 1. The first-order chi connectivity index (χ1) is 8.58. The predicted octanol–water partition coefficient (Wildman–Crippen LogP) is 1.93. The lowest BCUT2D eigenvalue weighted by atomic mass is 10.2. The van der Waals surface area contributed by atoms with E-state index in [2.05, 4.69) is 10.3 Å². The second-order valence-corrected chi connectivity index (χ2v) is 4.04. The Kier molecular flexibility index (Phi) is 3.32. The molecule has 1 heterocycles. The van der Waals surface area contributed by atoms with Gasteiger partial charge in [0.15, 0.2) is 0 Å². The largest absolute Gasteiger partial charge is 0.478 e. The Morgan fingerprint density at radius 1 is 1.56 bits per heavy atom. The molecule has 2 aromatic rings. The van der Waals surface area contributed by atoms with Crippen molar-refractivity contribution in [2.75, 3.05) is 11.9 Å². The van der Waals surface area contributed by atoms with Gasteiger partial charge in [-0.15, -0.1) is 0 Å². The summed E-state index contributed by atoms with van der Waals surface area (Å²) < 4.78 is 2.03. The van der Waals surface area contributed by atoms with Crippen molar-refractivity contribution >= 4 is 22.7 Å². The number of nitrogens with zero attached hydrogens (tertiary/aromatic N) is 2. The Bertz CT molecular complexity index is 614. The van der Waals surface area contributed by atoms with Crippen LogP contribution in [0.2, 0.25) is 0 Å². The number of hydrogen-bond donors (Lipinski definition) is 2. The number of fused-ring (bicyclic) bond motifs is 1. The average Bonchev–Trinajstić information content (AvgIpc) is 2.60. The number of carboxylic acid groups (broad SMARTS) is 1. The minimum Gasteiger partial charge on any atom is -0.478 e. The molecule has 0 aliphatic rings. The Morgan fingerprint density at radius 2 is 2.33 bits per heavy atom. The summed E-state index contributed by atoms with van der Waals surface area (Å²) in [5, 5.41) is 11.6. The maximum absolute atomic E-state index is 10.3. The molecule has 0 radical (unpaired) electrons. The van der Waals surface area contributed by atoms with Crippen LogP contribution in [0.4, 0.5) is 5.69 Å². The highest BCUT2D eigenvalue weighted by molar-refractivity contribution is 5.81. The van der Waals surface area contributed by atoms with Gasteiger partial charge in [0.05, 0.1) is 11.0 Å². The van der Waals surface area contributed by atoms with E-state index in [4.69, 9.17) is 5.11 Å². The highest BCUT2D eigenvalue weighted by atomic mass is 16.4. The number of hydrogen-bond acceptors (Lipinski definition) is 3. The third kappa shape index (κ3) is 2.51. The number of carboxylic acids is 1. The molecular weight excluding hydrogens is 230 g/mol. The molecule has 0 saturated heterocycles. The summed E-state index contributed by atoms with van der Waals surface area (Å²) in [5.74, 6) is 0.0283. The number of aryl methyl sites for hydroxylation is 2. The topological polar surface area (TPSA) is 67.2 Å². The van der Waals surface area contributed by atoms with Gasteiger partial charge in [-0.3, -0.25) is 0 Å². The number of nitrogens with one attached hydrogen (secondary N) is 1. The van der Waals surface area contributed by atoms with E-state index in [1.165, 1.54) is 0 Å². The molecule has 1 aromatic heterocycles. The quantitative estimate of drug-likeness (QED) is 0.808.